The van der Waals surface area contributed by atoms with Gasteiger partial charge in [-0.2, -0.15) is 13.2 Å². The maximum Gasteiger partial charge on any atom is 0.416 e. The fourth-order valence-corrected chi connectivity index (χ4v) is 2.74. The van der Waals surface area contributed by atoms with Gasteiger partial charge in [0.25, 0.3) is 0 Å². The first kappa shape index (κ1) is 18.0. The summed E-state index contributed by atoms with van der Waals surface area (Å²) in [7, 11) is -3.22. The minimum absolute atomic E-state index is 0.0992. The summed E-state index contributed by atoms with van der Waals surface area (Å²) in [5.41, 5.74) is -0.616. The van der Waals surface area contributed by atoms with Crippen LogP contribution in [0.15, 0.2) is 24.3 Å². The molecule has 0 aliphatic carbocycles. The number of alkyl halides is 3. The van der Waals surface area contributed by atoms with Gasteiger partial charge in [0, 0.05) is 12.3 Å². The molecule has 1 unspecified atom stereocenters. The van der Waals surface area contributed by atoms with Crippen molar-refractivity contribution in [1.29, 1.82) is 0 Å². The fraction of sp³-hybridized carbons (Fsp3) is 0.571. The Balaban J connectivity index is 3.08. The fourth-order valence-electron chi connectivity index (χ4n) is 2.08. The largest absolute Gasteiger partial charge is 0.416 e. The van der Waals surface area contributed by atoms with E-state index in [2.05, 4.69) is 5.32 Å². The number of hydrogen-bond donors (Lipinski definition) is 1. The lowest BCUT2D eigenvalue weighted by Gasteiger charge is -2.22. The van der Waals surface area contributed by atoms with E-state index in [1.54, 1.807) is 0 Å². The lowest BCUT2D eigenvalue weighted by molar-refractivity contribution is -0.138. The molecule has 7 heteroatoms. The lowest BCUT2D eigenvalue weighted by atomic mass is 9.98. The van der Waals surface area contributed by atoms with Crippen molar-refractivity contribution in [2.75, 3.05) is 18.6 Å². The quantitative estimate of drug-likeness (QED) is 0.838. The van der Waals surface area contributed by atoms with Gasteiger partial charge in [-0.1, -0.05) is 25.1 Å². The van der Waals surface area contributed by atoms with Crippen molar-refractivity contribution in [2.45, 2.75) is 32.0 Å². The van der Waals surface area contributed by atoms with Gasteiger partial charge >= 0.3 is 6.18 Å². The van der Waals surface area contributed by atoms with E-state index in [0.717, 1.165) is 18.7 Å². The molecule has 0 amide bonds. The smallest absolute Gasteiger partial charge is 0.310 e. The molecule has 0 saturated carbocycles. The number of nitrogens with one attached hydrogen (secondary N) is 1. The molecular weight excluding hydrogens is 303 g/mol. The van der Waals surface area contributed by atoms with Gasteiger partial charge in [-0.25, -0.2) is 8.42 Å². The average Bonchev–Trinajstić information content (AvgIpc) is 2.37. The molecule has 1 aromatic rings. The predicted octanol–water partition coefficient (Wildman–Crippen LogP) is 3.18. The molecular formula is C14H20F3NO2S. The highest BCUT2D eigenvalue weighted by Crippen LogP contribution is 2.35. The number of hydrogen-bond acceptors (Lipinski definition) is 3. The van der Waals surface area contributed by atoms with Crippen molar-refractivity contribution in [3.63, 3.8) is 0 Å². The normalized spacial score (nSPS) is 14.1. The minimum atomic E-state index is -4.45. The molecule has 0 aromatic heterocycles. The molecule has 0 radical (unpaired) electrons. The second kappa shape index (κ2) is 7.26. The third-order valence-corrected chi connectivity index (χ3v) is 4.04. The average molecular weight is 323 g/mol. The Kier molecular flexibility index (Phi) is 6.22. The Hall–Kier alpha value is -1.08. The first-order valence-electron chi connectivity index (χ1n) is 6.72. The van der Waals surface area contributed by atoms with Gasteiger partial charge in [0.15, 0.2) is 0 Å². The highest BCUT2D eigenvalue weighted by Gasteiger charge is 2.34. The summed E-state index contributed by atoms with van der Waals surface area (Å²) >= 11 is 0. The molecule has 0 heterocycles. The summed E-state index contributed by atoms with van der Waals surface area (Å²) in [6.45, 7) is 2.43. The van der Waals surface area contributed by atoms with E-state index < -0.39 is 27.6 Å². The Morgan fingerprint density at radius 2 is 1.86 bits per heavy atom. The van der Waals surface area contributed by atoms with Crippen LogP contribution in [0.4, 0.5) is 13.2 Å². The van der Waals surface area contributed by atoms with Crippen molar-refractivity contribution < 1.29 is 21.6 Å². The molecule has 0 bridgehead atoms. The van der Waals surface area contributed by atoms with Gasteiger partial charge < -0.3 is 5.32 Å². The minimum Gasteiger partial charge on any atom is -0.310 e. The van der Waals surface area contributed by atoms with Gasteiger partial charge in [-0.05, 0) is 31.0 Å². The molecule has 0 saturated heterocycles. The molecule has 0 fully saturated rings. The van der Waals surface area contributed by atoms with Crippen LogP contribution in [0, 0.1) is 0 Å². The number of benzene rings is 1. The summed E-state index contributed by atoms with van der Waals surface area (Å²) in [4.78, 5) is 0. The molecule has 21 heavy (non-hydrogen) atoms. The van der Waals surface area contributed by atoms with Crippen LogP contribution in [-0.2, 0) is 16.0 Å². The Labute approximate surface area is 123 Å². The second-order valence-electron chi connectivity index (χ2n) is 5.01. The maximum absolute atomic E-state index is 13.1. The topological polar surface area (TPSA) is 46.2 Å². The van der Waals surface area contributed by atoms with Gasteiger partial charge in [0.05, 0.1) is 11.3 Å². The zero-order valence-corrected chi connectivity index (χ0v) is 12.9. The highest BCUT2D eigenvalue weighted by atomic mass is 32.2. The summed E-state index contributed by atoms with van der Waals surface area (Å²) in [5, 5.41) is 3.01. The first-order valence-corrected chi connectivity index (χ1v) is 8.78. The van der Waals surface area contributed by atoms with Crippen molar-refractivity contribution in [3.8, 4) is 0 Å². The molecule has 1 aromatic carbocycles. The van der Waals surface area contributed by atoms with Gasteiger partial charge in [0.2, 0.25) is 0 Å². The van der Waals surface area contributed by atoms with Crippen molar-refractivity contribution in [3.05, 3.63) is 35.4 Å². The molecule has 1 rings (SSSR count). The molecule has 3 nitrogen and oxygen atoms in total. The third-order valence-electron chi connectivity index (χ3n) is 3.06. The van der Waals surface area contributed by atoms with E-state index in [4.69, 9.17) is 0 Å². The van der Waals surface area contributed by atoms with Crippen molar-refractivity contribution in [1.82, 2.24) is 5.32 Å². The monoisotopic (exact) mass is 323 g/mol. The van der Waals surface area contributed by atoms with Crippen LogP contribution in [0.25, 0.3) is 0 Å². The van der Waals surface area contributed by atoms with Gasteiger partial charge in [-0.3, -0.25) is 0 Å². The molecule has 1 N–H and O–H groups in total. The third kappa shape index (κ3) is 6.05. The van der Waals surface area contributed by atoms with E-state index in [0.29, 0.717) is 6.54 Å². The first-order chi connectivity index (χ1) is 9.65. The molecule has 0 spiro atoms. The number of rotatable bonds is 7. The van der Waals surface area contributed by atoms with E-state index in [1.165, 1.54) is 18.2 Å². The van der Waals surface area contributed by atoms with Crippen molar-refractivity contribution >= 4 is 9.84 Å². The van der Waals surface area contributed by atoms with E-state index >= 15 is 0 Å². The van der Waals surface area contributed by atoms with Crippen molar-refractivity contribution in [2.24, 2.45) is 0 Å². The molecule has 0 aliphatic rings. The van der Waals surface area contributed by atoms with E-state index in [9.17, 15) is 21.6 Å². The molecule has 0 aliphatic heterocycles. The maximum atomic E-state index is 13.1. The Bertz CT molecular complexity index is 556. The van der Waals surface area contributed by atoms with Crippen LogP contribution >= 0.6 is 0 Å². The standard InChI is InChI=1S/C14H20F3NO2S/c1-3-9-18-13(8-10-21(2,19)20)11-6-4-5-7-12(11)14(15,16)17/h4-7,13,18H,3,8-10H2,1-2H3. The number of halogens is 3. The Morgan fingerprint density at radius 1 is 1.24 bits per heavy atom. The summed E-state index contributed by atoms with van der Waals surface area (Å²) in [5.74, 6) is -0.152. The predicted molar refractivity (Wildman–Crippen MR) is 76.8 cm³/mol. The van der Waals surface area contributed by atoms with Crippen LogP contribution in [0.3, 0.4) is 0 Å². The summed E-state index contributed by atoms with van der Waals surface area (Å²) < 4.78 is 61.7. The summed E-state index contributed by atoms with van der Waals surface area (Å²) in [6, 6.07) is 4.66. The second-order valence-corrected chi connectivity index (χ2v) is 7.27. The SMILES string of the molecule is CCCNC(CCS(C)(=O)=O)c1ccccc1C(F)(F)F. The van der Waals surface area contributed by atoms with Crippen LogP contribution in [-0.4, -0.2) is 27.0 Å². The van der Waals surface area contributed by atoms with Crippen LogP contribution in [0.5, 0.6) is 0 Å². The van der Waals surface area contributed by atoms with E-state index in [-0.39, 0.29) is 17.7 Å². The zero-order chi connectivity index (χ0) is 16.1. The number of sulfone groups is 1. The van der Waals surface area contributed by atoms with Crippen LogP contribution < -0.4 is 5.32 Å². The lowest BCUT2D eigenvalue weighted by Crippen LogP contribution is -2.26. The summed E-state index contributed by atoms with van der Waals surface area (Å²) in [6.07, 6.45) is -2.50. The van der Waals surface area contributed by atoms with Gasteiger partial charge in [-0.15, -0.1) is 0 Å². The molecule has 1 atom stereocenters. The van der Waals surface area contributed by atoms with E-state index in [1.807, 2.05) is 6.92 Å². The van der Waals surface area contributed by atoms with Gasteiger partial charge in [0.1, 0.15) is 9.84 Å². The zero-order valence-electron chi connectivity index (χ0n) is 12.1. The van der Waals surface area contributed by atoms with Crippen LogP contribution in [0.2, 0.25) is 0 Å². The Morgan fingerprint density at radius 3 is 2.38 bits per heavy atom. The van der Waals surface area contributed by atoms with Crippen LogP contribution in [0.1, 0.15) is 36.9 Å². The highest BCUT2D eigenvalue weighted by molar-refractivity contribution is 7.90. The molecule has 120 valence electrons.